The zero-order chi connectivity index (χ0) is 31.0. The highest BCUT2D eigenvalue weighted by Crippen LogP contribution is 2.31. The largest absolute Gasteiger partial charge is 0.507 e. The summed E-state index contributed by atoms with van der Waals surface area (Å²) in [6.07, 6.45) is 1.45. The van der Waals surface area contributed by atoms with Gasteiger partial charge < -0.3 is 53.6 Å². The third kappa shape index (κ3) is 6.43. The van der Waals surface area contributed by atoms with Crippen LogP contribution in [-0.2, 0) is 0 Å². The van der Waals surface area contributed by atoms with Gasteiger partial charge in [-0.3, -0.25) is 4.79 Å². The molecule has 12 N–H and O–H groups in total. The van der Waals surface area contributed by atoms with Crippen molar-refractivity contribution in [2.24, 2.45) is 22.9 Å². The average molecular weight is 600 g/mol. The van der Waals surface area contributed by atoms with E-state index in [1.165, 1.54) is 18.2 Å². The first kappa shape index (κ1) is 29.3. The predicted octanol–water partition coefficient (Wildman–Crippen LogP) is 1.16. The molecule has 2 saturated heterocycles. The lowest BCUT2D eigenvalue weighted by Crippen LogP contribution is -2.54. The second-order valence-electron chi connectivity index (χ2n) is 11.6. The van der Waals surface area contributed by atoms with Gasteiger partial charge in [0.25, 0.3) is 5.91 Å². The Bertz CT molecular complexity index is 1600. The van der Waals surface area contributed by atoms with Crippen LogP contribution in [0.4, 0.5) is 29.2 Å². The van der Waals surface area contributed by atoms with Gasteiger partial charge in [0.15, 0.2) is 0 Å². The molecule has 0 saturated carbocycles. The van der Waals surface area contributed by atoms with Crippen molar-refractivity contribution in [1.29, 1.82) is 0 Å². The van der Waals surface area contributed by atoms with Crippen LogP contribution in [0.2, 0.25) is 0 Å². The quantitative estimate of drug-likeness (QED) is 0.156. The molecule has 0 aliphatic carbocycles. The molecule has 2 aliphatic rings. The normalized spacial score (nSPS) is 22.2. The second-order valence-corrected chi connectivity index (χ2v) is 11.6. The first-order chi connectivity index (χ1) is 21.1. The number of hydrogen-bond donors (Lipinski definition) is 8. The third-order valence-electron chi connectivity index (χ3n) is 7.83. The smallest absolute Gasteiger partial charge is 0.259 e. The number of nitrogens with zero attached hydrogens (tertiary/aromatic N) is 5. The second kappa shape index (κ2) is 12.1. The summed E-state index contributed by atoms with van der Waals surface area (Å²) in [5, 5.41) is 27.6. The van der Waals surface area contributed by atoms with Crippen molar-refractivity contribution < 1.29 is 15.0 Å². The van der Waals surface area contributed by atoms with Gasteiger partial charge in [-0.1, -0.05) is 12.1 Å². The summed E-state index contributed by atoms with van der Waals surface area (Å²) < 4.78 is 0. The third-order valence-corrected chi connectivity index (χ3v) is 7.83. The summed E-state index contributed by atoms with van der Waals surface area (Å²) in [6, 6.07) is 14.5. The minimum Gasteiger partial charge on any atom is -0.507 e. The zero-order valence-electron chi connectivity index (χ0n) is 24.1. The monoisotopic (exact) mass is 599 g/mol. The SMILES string of the molecule is N[C@@H]1C[C@H](N)CN(c2nc(Nc3ccc(NC(=O)c4cc5cccc(O)c5cc4O)cc3)nc(N3C[C@H](N)C[C@H](N)C3)n2)C1. The van der Waals surface area contributed by atoms with Gasteiger partial charge in [-0.25, -0.2) is 0 Å². The molecule has 4 atom stereocenters. The summed E-state index contributed by atoms with van der Waals surface area (Å²) in [5.74, 6) is 0.549. The molecular formula is C30H37N11O3. The van der Waals surface area contributed by atoms with Crippen LogP contribution < -0.4 is 43.4 Å². The number of carbonyl (C=O) groups excluding carboxylic acids is 1. The van der Waals surface area contributed by atoms with E-state index in [2.05, 4.69) is 20.6 Å². The van der Waals surface area contributed by atoms with Gasteiger partial charge in [0.1, 0.15) is 11.5 Å². The molecule has 44 heavy (non-hydrogen) atoms. The van der Waals surface area contributed by atoms with E-state index in [9.17, 15) is 15.0 Å². The number of phenols is 2. The van der Waals surface area contributed by atoms with Crippen LogP contribution in [0.25, 0.3) is 10.8 Å². The van der Waals surface area contributed by atoms with E-state index >= 15 is 0 Å². The highest BCUT2D eigenvalue weighted by molar-refractivity contribution is 6.09. The van der Waals surface area contributed by atoms with Crippen LogP contribution in [0.3, 0.4) is 0 Å². The number of amides is 1. The summed E-state index contributed by atoms with van der Waals surface area (Å²) >= 11 is 0. The van der Waals surface area contributed by atoms with Crippen LogP contribution in [0, 0.1) is 0 Å². The van der Waals surface area contributed by atoms with Crippen LogP contribution in [0.1, 0.15) is 23.2 Å². The number of phenolic OH excluding ortho intramolecular Hbond substituents is 2. The fourth-order valence-electron chi connectivity index (χ4n) is 5.82. The number of rotatable bonds is 6. The summed E-state index contributed by atoms with van der Waals surface area (Å²) in [4.78, 5) is 31.0. The van der Waals surface area contributed by atoms with Crippen molar-refractivity contribution in [2.75, 3.05) is 46.6 Å². The Morgan fingerprint density at radius 1 is 0.727 bits per heavy atom. The van der Waals surface area contributed by atoms with Gasteiger partial charge in [0.05, 0.1) is 5.56 Å². The molecule has 2 aliphatic heterocycles. The molecule has 1 amide bonds. The van der Waals surface area contributed by atoms with Crippen LogP contribution in [0.15, 0.2) is 54.6 Å². The molecule has 2 fully saturated rings. The fraction of sp³-hybridized carbons (Fsp3) is 0.333. The molecule has 3 heterocycles. The maximum atomic E-state index is 13.0. The Hall–Kier alpha value is -4.76. The maximum Gasteiger partial charge on any atom is 0.259 e. The van der Waals surface area contributed by atoms with E-state index < -0.39 is 5.91 Å². The summed E-state index contributed by atoms with van der Waals surface area (Å²) in [7, 11) is 0. The van der Waals surface area contributed by atoms with E-state index in [1.54, 1.807) is 36.4 Å². The van der Waals surface area contributed by atoms with Crippen molar-refractivity contribution in [1.82, 2.24) is 15.0 Å². The Balaban J connectivity index is 1.22. The topological polar surface area (TPSA) is 231 Å². The molecule has 4 aromatic rings. The summed E-state index contributed by atoms with van der Waals surface area (Å²) in [5.41, 5.74) is 26.3. The molecule has 14 heteroatoms. The Labute approximate surface area is 254 Å². The van der Waals surface area contributed by atoms with Crippen molar-refractivity contribution in [3.8, 4) is 11.5 Å². The lowest BCUT2D eigenvalue weighted by Gasteiger charge is -2.37. The molecule has 0 unspecified atom stereocenters. The number of benzene rings is 3. The molecule has 14 nitrogen and oxygen atoms in total. The van der Waals surface area contributed by atoms with Gasteiger partial charge in [0.2, 0.25) is 17.8 Å². The maximum absolute atomic E-state index is 13.0. The standard InChI is InChI=1S/C30H37N11O3/c31-17-9-18(32)13-40(12-17)29-37-28(38-30(39-29)41-14-19(33)10-20(34)15-41)36-22-6-4-21(5-7-22)35-27(44)24-8-16-2-1-3-25(42)23(16)11-26(24)43/h1-8,11,17-20,42-43H,9-10,12-15,31-34H2,(H,35,44)(H,36,37,38,39)/t17-,18+,19-,20+. The van der Waals surface area contributed by atoms with Gasteiger partial charge in [-0.15, -0.1) is 0 Å². The highest BCUT2D eigenvalue weighted by Gasteiger charge is 2.29. The highest BCUT2D eigenvalue weighted by atomic mass is 16.3. The van der Waals surface area contributed by atoms with Crippen molar-refractivity contribution >= 4 is 45.9 Å². The van der Waals surface area contributed by atoms with E-state index in [0.29, 0.717) is 66.2 Å². The molecule has 3 aromatic carbocycles. The summed E-state index contributed by atoms with van der Waals surface area (Å²) in [6.45, 7) is 2.27. The van der Waals surface area contributed by atoms with Gasteiger partial charge in [0, 0.05) is 67.1 Å². The zero-order valence-corrected chi connectivity index (χ0v) is 24.1. The predicted molar refractivity (Wildman–Crippen MR) is 170 cm³/mol. The van der Waals surface area contributed by atoms with Gasteiger partial charge in [-0.05, 0) is 60.7 Å². The number of hydrogen-bond acceptors (Lipinski definition) is 13. The lowest BCUT2D eigenvalue weighted by atomic mass is 10.0. The number of nitrogens with two attached hydrogens (primary N) is 4. The Morgan fingerprint density at radius 3 is 1.84 bits per heavy atom. The van der Waals surface area contributed by atoms with Crippen LogP contribution in [0.5, 0.6) is 11.5 Å². The van der Waals surface area contributed by atoms with E-state index in [0.717, 1.165) is 12.8 Å². The fourth-order valence-corrected chi connectivity index (χ4v) is 5.82. The van der Waals surface area contributed by atoms with E-state index in [-0.39, 0.29) is 41.2 Å². The number of fused-ring (bicyclic) bond motifs is 1. The van der Waals surface area contributed by atoms with Crippen LogP contribution >= 0.6 is 0 Å². The molecular weight excluding hydrogens is 562 g/mol. The minimum absolute atomic E-state index is 0.0245. The van der Waals surface area contributed by atoms with E-state index in [4.69, 9.17) is 27.9 Å². The molecule has 1 aromatic heterocycles. The number of anilines is 5. The number of carbonyl (C=O) groups is 1. The van der Waals surface area contributed by atoms with E-state index in [1.807, 2.05) is 9.80 Å². The number of piperidine rings is 2. The average Bonchev–Trinajstić information content (AvgIpc) is 2.97. The van der Waals surface area contributed by atoms with Gasteiger partial charge in [-0.2, -0.15) is 15.0 Å². The first-order valence-corrected chi connectivity index (χ1v) is 14.5. The minimum atomic E-state index is -0.490. The number of aromatic hydroxyl groups is 2. The van der Waals surface area contributed by atoms with Crippen molar-refractivity contribution in [2.45, 2.75) is 37.0 Å². The van der Waals surface area contributed by atoms with Crippen molar-refractivity contribution in [3.05, 3.63) is 60.2 Å². The number of nitrogens with one attached hydrogen (secondary N) is 2. The molecule has 6 rings (SSSR count). The lowest BCUT2D eigenvalue weighted by molar-refractivity contribution is 0.102. The molecule has 0 radical (unpaired) electrons. The van der Waals surface area contributed by atoms with Crippen LogP contribution in [-0.4, -0.2) is 81.4 Å². The number of aromatic nitrogens is 3. The Kier molecular flexibility index (Phi) is 8.05. The van der Waals surface area contributed by atoms with Crippen molar-refractivity contribution in [3.63, 3.8) is 0 Å². The Morgan fingerprint density at radius 2 is 1.27 bits per heavy atom. The molecule has 0 bridgehead atoms. The first-order valence-electron chi connectivity index (χ1n) is 14.5. The molecule has 230 valence electrons. The van der Waals surface area contributed by atoms with Gasteiger partial charge >= 0.3 is 0 Å². The molecule has 0 spiro atoms.